The van der Waals surface area contributed by atoms with Gasteiger partial charge in [-0.2, -0.15) is 0 Å². The Balaban J connectivity index is 5.43. The summed E-state index contributed by atoms with van der Waals surface area (Å²) in [6.45, 7) is 17.5. The van der Waals surface area contributed by atoms with E-state index in [0.717, 1.165) is 122 Å². The maximum Gasteiger partial charge on any atom is 0.308 e. The van der Waals surface area contributed by atoms with Gasteiger partial charge in [0.25, 0.3) is 0 Å². The first kappa shape index (κ1) is 68.3. The predicted octanol–water partition coefficient (Wildman–Crippen LogP) is 17.5. The Bertz CT molecular complexity index is 1070. The summed E-state index contributed by atoms with van der Waals surface area (Å²) >= 11 is 0. The van der Waals surface area contributed by atoms with Gasteiger partial charge in [-0.3, -0.25) is 14.4 Å². The Kier molecular flexibility index (Phi) is 52.3. The molecule has 0 rings (SSSR count). The van der Waals surface area contributed by atoms with Crippen LogP contribution in [0.5, 0.6) is 0 Å². The number of amides is 1. The zero-order valence-corrected chi connectivity index (χ0v) is 47.9. The van der Waals surface area contributed by atoms with Crippen LogP contribution in [0.25, 0.3) is 0 Å². The van der Waals surface area contributed by atoms with Crippen LogP contribution in [0.3, 0.4) is 0 Å². The van der Waals surface area contributed by atoms with Gasteiger partial charge in [0.05, 0.1) is 31.7 Å². The van der Waals surface area contributed by atoms with Crippen molar-refractivity contribution in [2.45, 2.75) is 311 Å². The van der Waals surface area contributed by atoms with Gasteiger partial charge in [0.2, 0.25) is 5.91 Å². The number of aliphatic hydroxyl groups excluding tert-OH is 1. The van der Waals surface area contributed by atoms with Crippen LogP contribution < -0.4 is 5.32 Å². The van der Waals surface area contributed by atoms with Crippen molar-refractivity contribution in [1.82, 2.24) is 10.2 Å². The van der Waals surface area contributed by atoms with Crippen LogP contribution in [0.1, 0.15) is 311 Å². The number of rotatable bonds is 56. The van der Waals surface area contributed by atoms with E-state index in [0.29, 0.717) is 32.1 Å². The normalized spacial score (nSPS) is 13.4. The summed E-state index contributed by atoms with van der Waals surface area (Å²) < 4.78 is 12.4. The molecule has 0 aromatic rings. The van der Waals surface area contributed by atoms with Crippen molar-refractivity contribution in [3.63, 3.8) is 0 Å². The first-order chi connectivity index (χ1) is 34.3. The summed E-state index contributed by atoms with van der Waals surface area (Å²) in [5.74, 6) is 0.555. The van der Waals surface area contributed by atoms with Gasteiger partial charge in [-0.25, -0.2) is 0 Å². The molecular formula is C62H122N2O6. The second kappa shape index (κ2) is 53.6. The number of ether oxygens (including phenoxy) is 2. The number of carbonyl (C=O) groups is 3. The molecule has 0 saturated heterocycles. The number of nitrogens with one attached hydrogen (secondary N) is 1. The maximum atomic E-state index is 13.8. The lowest BCUT2D eigenvalue weighted by Crippen LogP contribution is -2.30. The monoisotopic (exact) mass is 991 g/mol. The number of nitrogens with zero attached hydrogens (tertiary/aromatic N) is 1. The molecule has 0 aliphatic rings. The molecule has 0 fully saturated rings. The van der Waals surface area contributed by atoms with Gasteiger partial charge in [-0.05, 0) is 83.2 Å². The number of hydrogen-bond donors (Lipinski definition) is 2. The van der Waals surface area contributed by atoms with Crippen LogP contribution in [-0.2, 0) is 23.9 Å². The second-order valence-corrected chi connectivity index (χ2v) is 21.9. The largest absolute Gasteiger partial charge is 0.465 e. The minimum Gasteiger partial charge on any atom is -0.465 e. The van der Waals surface area contributed by atoms with E-state index in [2.05, 4.69) is 51.8 Å². The van der Waals surface area contributed by atoms with Crippen molar-refractivity contribution >= 4 is 17.8 Å². The topological polar surface area (TPSA) is 105 Å². The Morgan fingerprint density at radius 2 is 0.700 bits per heavy atom. The molecular weight excluding hydrogens is 869 g/mol. The molecule has 0 aromatic heterocycles. The molecule has 0 heterocycles. The zero-order chi connectivity index (χ0) is 51.4. The predicted molar refractivity (Wildman–Crippen MR) is 300 cm³/mol. The first-order valence-electron chi connectivity index (χ1n) is 31.2. The highest BCUT2D eigenvalue weighted by atomic mass is 16.5. The fourth-order valence-electron chi connectivity index (χ4n) is 10.2. The minimum atomic E-state index is -0.0555. The third kappa shape index (κ3) is 43.9. The molecule has 2 N–H and O–H groups in total. The van der Waals surface area contributed by atoms with Crippen LogP contribution in [0.2, 0.25) is 0 Å². The lowest BCUT2D eigenvalue weighted by Gasteiger charge is -2.23. The van der Waals surface area contributed by atoms with Gasteiger partial charge in [-0.1, -0.05) is 241 Å². The minimum absolute atomic E-state index is 0.0305. The van der Waals surface area contributed by atoms with Crippen molar-refractivity contribution in [3.8, 4) is 0 Å². The van der Waals surface area contributed by atoms with E-state index in [1.165, 1.54) is 161 Å². The lowest BCUT2D eigenvalue weighted by atomic mass is 9.94. The summed E-state index contributed by atoms with van der Waals surface area (Å²) in [5.41, 5.74) is 0. The van der Waals surface area contributed by atoms with Gasteiger partial charge in [-0.15, -0.1) is 0 Å². The van der Waals surface area contributed by atoms with Gasteiger partial charge in [0.15, 0.2) is 0 Å². The van der Waals surface area contributed by atoms with E-state index in [9.17, 15) is 19.5 Å². The smallest absolute Gasteiger partial charge is 0.308 e. The summed E-state index contributed by atoms with van der Waals surface area (Å²) in [6, 6.07) is 0. The SMILES string of the molecule is CCCCCCCCC(CCCCCC)C(=O)OCC(CCCCN(CCO)CCCCCC(=O)NCC(CCCCCC)CCCCCCC)COC(=O)C(CCCCCC)CCCCCCCC. The molecule has 0 bridgehead atoms. The van der Waals surface area contributed by atoms with Gasteiger partial charge < -0.3 is 24.8 Å². The van der Waals surface area contributed by atoms with Crippen LogP contribution in [0.4, 0.5) is 0 Å². The Hall–Kier alpha value is -1.67. The average Bonchev–Trinajstić information content (AvgIpc) is 3.36. The number of carbonyl (C=O) groups excluding carboxylic acids is 3. The lowest BCUT2D eigenvalue weighted by molar-refractivity contribution is -0.155. The summed E-state index contributed by atoms with van der Waals surface area (Å²) in [4.78, 5) is 42.8. The Morgan fingerprint density at radius 1 is 0.386 bits per heavy atom. The highest BCUT2D eigenvalue weighted by molar-refractivity contribution is 5.75. The maximum absolute atomic E-state index is 13.8. The van der Waals surface area contributed by atoms with Gasteiger partial charge in [0, 0.05) is 25.4 Å². The molecule has 416 valence electrons. The van der Waals surface area contributed by atoms with Crippen molar-refractivity contribution < 1.29 is 29.0 Å². The van der Waals surface area contributed by atoms with E-state index in [1.807, 2.05) is 0 Å². The van der Waals surface area contributed by atoms with Crippen LogP contribution in [0, 0.1) is 23.7 Å². The van der Waals surface area contributed by atoms with Crippen molar-refractivity contribution in [2.24, 2.45) is 23.7 Å². The number of hydrogen-bond acceptors (Lipinski definition) is 7. The summed E-state index contributed by atoms with van der Waals surface area (Å²) in [6.07, 6.45) is 47.8. The highest BCUT2D eigenvalue weighted by Gasteiger charge is 2.24. The molecule has 70 heavy (non-hydrogen) atoms. The number of esters is 2. The van der Waals surface area contributed by atoms with E-state index < -0.39 is 0 Å². The molecule has 0 spiro atoms. The Morgan fingerprint density at radius 3 is 1.10 bits per heavy atom. The van der Waals surface area contributed by atoms with Crippen LogP contribution >= 0.6 is 0 Å². The molecule has 1 amide bonds. The van der Waals surface area contributed by atoms with E-state index in [1.54, 1.807) is 0 Å². The standard InChI is InChI=1S/C62H122N2O6/c1-7-13-19-25-28-35-46-58(44-33-23-17-11-5)61(67)69-54-57(55-70-62(68)59(45-34-24-18-12-6)47-36-29-26-20-14-8-2)43-38-40-50-64(51-52-65)49-39-30-37-48-60(66)63-53-56(41-31-22-16-10-4)42-32-27-21-15-9-3/h56-59,65H,7-55H2,1-6H3,(H,63,66). The third-order valence-electron chi connectivity index (χ3n) is 15.1. The molecule has 0 aliphatic heterocycles. The third-order valence-corrected chi connectivity index (χ3v) is 15.1. The van der Waals surface area contributed by atoms with Crippen molar-refractivity contribution in [1.29, 1.82) is 0 Å². The molecule has 0 saturated carbocycles. The second-order valence-electron chi connectivity index (χ2n) is 21.9. The molecule has 0 radical (unpaired) electrons. The number of aliphatic hydroxyl groups is 1. The summed E-state index contributed by atoms with van der Waals surface area (Å²) in [7, 11) is 0. The quantitative estimate of drug-likeness (QED) is 0.0462. The zero-order valence-electron chi connectivity index (χ0n) is 47.9. The van der Waals surface area contributed by atoms with E-state index in [4.69, 9.17) is 9.47 Å². The molecule has 0 aromatic carbocycles. The summed E-state index contributed by atoms with van der Waals surface area (Å²) in [5, 5.41) is 13.2. The van der Waals surface area contributed by atoms with Crippen LogP contribution in [-0.4, -0.2) is 73.9 Å². The molecule has 3 atom stereocenters. The average molecular weight is 992 g/mol. The van der Waals surface area contributed by atoms with E-state index >= 15 is 0 Å². The molecule has 8 heteroatoms. The fraction of sp³-hybridized carbons (Fsp3) is 0.952. The van der Waals surface area contributed by atoms with Gasteiger partial charge in [0.1, 0.15) is 0 Å². The van der Waals surface area contributed by atoms with Crippen molar-refractivity contribution in [3.05, 3.63) is 0 Å². The van der Waals surface area contributed by atoms with Crippen LogP contribution in [0.15, 0.2) is 0 Å². The van der Waals surface area contributed by atoms with Gasteiger partial charge >= 0.3 is 11.9 Å². The fourth-order valence-corrected chi connectivity index (χ4v) is 10.2. The Labute approximate surface area is 436 Å². The highest BCUT2D eigenvalue weighted by Crippen LogP contribution is 2.25. The molecule has 3 unspecified atom stereocenters. The number of unbranched alkanes of at least 4 members (excludes halogenated alkanes) is 26. The first-order valence-corrected chi connectivity index (χ1v) is 31.2. The van der Waals surface area contributed by atoms with E-state index in [-0.39, 0.29) is 42.2 Å². The van der Waals surface area contributed by atoms with Crippen molar-refractivity contribution in [2.75, 3.05) is 46.0 Å². The molecule has 8 nitrogen and oxygen atoms in total. The molecule has 0 aliphatic carbocycles.